The van der Waals surface area contributed by atoms with Crippen LogP contribution in [0.2, 0.25) is 0 Å². The molecule has 114 valence electrons. The summed E-state index contributed by atoms with van der Waals surface area (Å²) in [7, 11) is 1.61. The monoisotopic (exact) mass is 291 g/mol. The molecule has 0 radical (unpaired) electrons. The Kier molecular flexibility index (Phi) is 5.20. The molecule has 1 aromatic rings. The number of benzene rings is 1. The van der Waals surface area contributed by atoms with Crippen LogP contribution in [-0.2, 0) is 20.7 Å². The molecule has 1 fully saturated rings. The van der Waals surface area contributed by atoms with Gasteiger partial charge in [0.2, 0.25) is 5.91 Å². The van der Waals surface area contributed by atoms with Crippen molar-refractivity contribution in [2.24, 2.45) is 0 Å². The summed E-state index contributed by atoms with van der Waals surface area (Å²) in [5.74, 6) is 0.466. The van der Waals surface area contributed by atoms with E-state index < -0.39 is 6.04 Å². The number of amides is 1. The van der Waals surface area contributed by atoms with Crippen LogP contribution in [0.25, 0.3) is 0 Å². The van der Waals surface area contributed by atoms with E-state index in [1.165, 1.54) is 0 Å². The van der Waals surface area contributed by atoms with Crippen LogP contribution in [0.3, 0.4) is 0 Å². The Morgan fingerprint density at radius 3 is 2.57 bits per heavy atom. The van der Waals surface area contributed by atoms with Crippen molar-refractivity contribution in [3.05, 3.63) is 29.8 Å². The number of esters is 1. The Bertz CT molecular complexity index is 498. The quantitative estimate of drug-likeness (QED) is 0.750. The molecule has 5 nitrogen and oxygen atoms in total. The SMILES string of the molecule is CCOC(=O)C(Cc1ccc(OC)cc1)N1CCCC1=O. The molecule has 5 heteroatoms. The summed E-state index contributed by atoms with van der Waals surface area (Å²) >= 11 is 0. The average Bonchev–Trinajstić information content (AvgIpc) is 2.91. The lowest BCUT2D eigenvalue weighted by Gasteiger charge is -2.26. The lowest BCUT2D eigenvalue weighted by atomic mass is 10.0. The standard InChI is InChI=1S/C16H21NO4/c1-3-21-16(19)14(17-10-4-5-15(17)18)11-12-6-8-13(20-2)9-7-12/h6-9,14H,3-5,10-11H2,1-2H3. The highest BCUT2D eigenvalue weighted by Gasteiger charge is 2.33. The Morgan fingerprint density at radius 2 is 2.05 bits per heavy atom. The molecule has 0 aliphatic carbocycles. The molecule has 0 spiro atoms. The van der Waals surface area contributed by atoms with Crippen LogP contribution >= 0.6 is 0 Å². The maximum atomic E-state index is 12.2. The fourth-order valence-corrected chi connectivity index (χ4v) is 2.54. The fourth-order valence-electron chi connectivity index (χ4n) is 2.54. The summed E-state index contributed by atoms with van der Waals surface area (Å²) in [5, 5.41) is 0. The second-order valence-corrected chi connectivity index (χ2v) is 5.01. The summed E-state index contributed by atoms with van der Waals surface area (Å²) in [6.07, 6.45) is 1.78. The predicted molar refractivity (Wildman–Crippen MR) is 78.1 cm³/mol. The van der Waals surface area contributed by atoms with Gasteiger partial charge in [0.25, 0.3) is 0 Å². The van der Waals surface area contributed by atoms with Crippen molar-refractivity contribution in [3.63, 3.8) is 0 Å². The van der Waals surface area contributed by atoms with E-state index >= 15 is 0 Å². The summed E-state index contributed by atoms with van der Waals surface area (Å²) in [5.41, 5.74) is 0.980. The summed E-state index contributed by atoms with van der Waals surface area (Å²) < 4.78 is 10.2. The summed E-state index contributed by atoms with van der Waals surface area (Å²) in [4.78, 5) is 25.7. The van der Waals surface area contributed by atoms with E-state index in [1.54, 1.807) is 18.9 Å². The van der Waals surface area contributed by atoms with E-state index in [2.05, 4.69) is 0 Å². The molecule has 2 rings (SSSR count). The molecule has 0 N–H and O–H groups in total. The predicted octanol–water partition coefficient (Wildman–Crippen LogP) is 1.79. The van der Waals surface area contributed by atoms with Gasteiger partial charge in [-0.15, -0.1) is 0 Å². The van der Waals surface area contributed by atoms with E-state index in [0.29, 0.717) is 26.0 Å². The average molecular weight is 291 g/mol. The Hall–Kier alpha value is -2.04. The molecule has 1 aliphatic heterocycles. The van der Waals surface area contributed by atoms with Gasteiger partial charge in [0.15, 0.2) is 0 Å². The van der Waals surface area contributed by atoms with Crippen molar-refractivity contribution < 1.29 is 19.1 Å². The third-order valence-electron chi connectivity index (χ3n) is 3.63. The van der Waals surface area contributed by atoms with E-state index in [1.807, 2.05) is 24.3 Å². The van der Waals surface area contributed by atoms with Crippen LogP contribution in [-0.4, -0.2) is 43.1 Å². The number of likely N-dealkylation sites (tertiary alicyclic amines) is 1. The number of ether oxygens (including phenoxy) is 2. The van der Waals surface area contributed by atoms with Gasteiger partial charge < -0.3 is 14.4 Å². The van der Waals surface area contributed by atoms with Crippen LogP contribution in [0.15, 0.2) is 24.3 Å². The van der Waals surface area contributed by atoms with Crippen LogP contribution in [0.1, 0.15) is 25.3 Å². The molecule has 0 bridgehead atoms. The zero-order valence-electron chi connectivity index (χ0n) is 12.5. The highest BCUT2D eigenvalue weighted by Crippen LogP contribution is 2.20. The zero-order valence-corrected chi connectivity index (χ0v) is 12.5. The lowest BCUT2D eigenvalue weighted by Crippen LogP contribution is -2.44. The number of nitrogens with zero attached hydrogens (tertiary/aromatic N) is 1. The molecular weight excluding hydrogens is 270 g/mol. The summed E-state index contributed by atoms with van der Waals surface area (Å²) in [6, 6.07) is 6.98. The molecular formula is C16H21NO4. The minimum Gasteiger partial charge on any atom is -0.497 e. The van der Waals surface area contributed by atoms with E-state index in [9.17, 15) is 9.59 Å². The zero-order chi connectivity index (χ0) is 15.2. The highest BCUT2D eigenvalue weighted by molar-refractivity contribution is 5.86. The van der Waals surface area contributed by atoms with E-state index in [4.69, 9.17) is 9.47 Å². The second kappa shape index (κ2) is 7.11. The van der Waals surface area contributed by atoms with Gasteiger partial charge in [-0.1, -0.05) is 12.1 Å². The van der Waals surface area contributed by atoms with Crippen LogP contribution in [0.5, 0.6) is 5.75 Å². The second-order valence-electron chi connectivity index (χ2n) is 5.01. The minimum atomic E-state index is -0.534. The Morgan fingerprint density at radius 1 is 1.33 bits per heavy atom. The van der Waals surface area contributed by atoms with Crippen molar-refractivity contribution in [3.8, 4) is 5.75 Å². The third kappa shape index (κ3) is 3.74. The highest BCUT2D eigenvalue weighted by atomic mass is 16.5. The molecule has 1 heterocycles. The smallest absolute Gasteiger partial charge is 0.329 e. The molecule has 21 heavy (non-hydrogen) atoms. The van der Waals surface area contributed by atoms with Gasteiger partial charge in [-0.3, -0.25) is 4.79 Å². The van der Waals surface area contributed by atoms with Crippen molar-refractivity contribution >= 4 is 11.9 Å². The van der Waals surface area contributed by atoms with Crippen molar-refractivity contribution in [1.82, 2.24) is 4.90 Å². The lowest BCUT2D eigenvalue weighted by molar-refractivity contribution is -0.153. The first-order chi connectivity index (χ1) is 10.2. The van der Waals surface area contributed by atoms with Gasteiger partial charge in [-0.05, 0) is 31.0 Å². The first-order valence-electron chi connectivity index (χ1n) is 7.24. The van der Waals surface area contributed by atoms with E-state index in [-0.39, 0.29) is 11.9 Å². The number of hydrogen-bond donors (Lipinski definition) is 0. The maximum Gasteiger partial charge on any atom is 0.329 e. The van der Waals surface area contributed by atoms with Gasteiger partial charge in [0.05, 0.1) is 13.7 Å². The first-order valence-corrected chi connectivity index (χ1v) is 7.24. The third-order valence-corrected chi connectivity index (χ3v) is 3.63. The van der Waals surface area contributed by atoms with Crippen molar-refractivity contribution in [2.75, 3.05) is 20.3 Å². The Labute approximate surface area is 124 Å². The van der Waals surface area contributed by atoms with Crippen molar-refractivity contribution in [2.45, 2.75) is 32.2 Å². The van der Waals surface area contributed by atoms with Crippen LogP contribution in [0, 0.1) is 0 Å². The fraction of sp³-hybridized carbons (Fsp3) is 0.500. The van der Waals surface area contributed by atoms with Crippen LogP contribution < -0.4 is 4.74 Å². The van der Waals surface area contributed by atoms with Gasteiger partial charge in [0.1, 0.15) is 11.8 Å². The number of carbonyl (C=O) groups is 2. The van der Waals surface area contributed by atoms with E-state index in [0.717, 1.165) is 17.7 Å². The van der Waals surface area contributed by atoms with Gasteiger partial charge >= 0.3 is 5.97 Å². The van der Waals surface area contributed by atoms with Gasteiger partial charge in [0, 0.05) is 19.4 Å². The van der Waals surface area contributed by atoms with Gasteiger partial charge in [-0.25, -0.2) is 4.79 Å². The largest absolute Gasteiger partial charge is 0.497 e. The molecule has 1 atom stereocenters. The number of rotatable bonds is 6. The number of methoxy groups -OCH3 is 1. The van der Waals surface area contributed by atoms with Crippen molar-refractivity contribution in [1.29, 1.82) is 0 Å². The molecule has 1 aromatic carbocycles. The molecule has 0 aromatic heterocycles. The number of carbonyl (C=O) groups excluding carboxylic acids is 2. The molecule has 0 saturated carbocycles. The number of hydrogen-bond acceptors (Lipinski definition) is 4. The minimum absolute atomic E-state index is 0.0292. The van der Waals surface area contributed by atoms with Gasteiger partial charge in [-0.2, -0.15) is 0 Å². The molecule has 1 aliphatic rings. The molecule has 1 amide bonds. The normalized spacial score (nSPS) is 15.9. The molecule has 1 saturated heterocycles. The first kappa shape index (κ1) is 15.4. The topological polar surface area (TPSA) is 55.8 Å². The molecule has 1 unspecified atom stereocenters. The Balaban J connectivity index is 2.14. The maximum absolute atomic E-state index is 12.2. The van der Waals surface area contributed by atoms with Crippen LogP contribution in [0.4, 0.5) is 0 Å². The summed E-state index contributed by atoms with van der Waals surface area (Å²) in [6.45, 7) is 2.71.